The van der Waals surface area contributed by atoms with E-state index in [1.807, 2.05) is 0 Å². The molecule has 0 saturated heterocycles. The highest BCUT2D eigenvalue weighted by Crippen LogP contribution is 2.27. The van der Waals surface area contributed by atoms with Crippen molar-refractivity contribution in [2.24, 2.45) is 14.1 Å². The summed E-state index contributed by atoms with van der Waals surface area (Å²) in [5.74, 6) is -2.57. The summed E-state index contributed by atoms with van der Waals surface area (Å²) in [4.78, 5) is 40.7. The summed E-state index contributed by atoms with van der Waals surface area (Å²) in [6.45, 7) is -0.310. The Bertz CT molecular complexity index is 1340. The first kappa shape index (κ1) is 18.0. The monoisotopic (exact) mass is 406 g/mol. The molecule has 4 aromatic rings. The number of thiazole rings is 1. The number of halogens is 2. The summed E-state index contributed by atoms with van der Waals surface area (Å²) < 4.78 is 30.3. The van der Waals surface area contributed by atoms with Crippen LogP contribution in [0.1, 0.15) is 0 Å². The molecule has 0 bridgehead atoms. The van der Waals surface area contributed by atoms with Crippen LogP contribution in [0.4, 0.5) is 13.9 Å². The van der Waals surface area contributed by atoms with E-state index in [2.05, 4.69) is 15.4 Å². The predicted molar refractivity (Wildman–Crippen MR) is 98.4 cm³/mol. The Morgan fingerprint density at radius 1 is 1.18 bits per heavy atom. The summed E-state index contributed by atoms with van der Waals surface area (Å²) in [7, 11) is 2.83. The molecule has 0 atom stereocenters. The van der Waals surface area contributed by atoms with Gasteiger partial charge in [-0.25, -0.2) is 23.2 Å². The standard InChI is InChI=1S/C16H12F2N6O3S/c1-22-10-5-19-24(13(10)14(26)23(2)16(22)27)6-12(25)21-15-20-9-3-7(17)8(18)4-11(9)28-15/h3-5H,6H2,1-2H3,(H,20,21,25). The fourth-order valence-corrected chi connectivity index (χ4v) is 3.70. The molecule has 3 heterocycles. The lowest BCUT2D eigenvalue weighted by Crippen LogP contribution is -2.37. The van der Waals surface area contributed by atoms with Crippen molar-refractivity contribution in [1.29, 1.82) is 0 Å². The van der Waals surface area contributed by atoms with Crippen LogP contribution in [-0.2, 0) is 25.4 Å². The van der Waals surface area contributed by atoms with Gasteiger partial charge in [0.15, 0.2) is 22.3 Å². The Morgan fingerprint density at radius 3 is 2.64 bits per heavy atom. The van der Waals surface area contributed by atoms with Crippen molar-refractivity contribution in [2.45, 2.75) is 6.54 Å². The third-order valence-corrected chi connectivity index (χ3v) is 5.17. The number of carbonyl (C=O) groups excluding carboxylic acids is 1. The molecule has 0 unspecified atom stereocenters. The number of fused-ring (bicyclic) bond motifs is 2. The molecule has 0 radical (unpaired) electrons. The number of hydrogen-bond acceptors (Lipinski definition) is 6. The Morgan fingerprint density at radius 2 is 1.89 bits per heavy atom. The van der Waals surface area contributed by atoms with Crippen molar-refractivity contribution in [2.75, 3.05) is 5.32 Å². The molecule has 0 fully saturated rings. The van der Waals surface area contributed by atoms with Gasteiger partial charge >= 0.3 is 5.69 Å². The number of benzene rings is 1. The van der Waals surface area contributed by atoms with E-state index in [-0.39, 0.29) is 22.7 Å². The molecule has 1 amide bonds. The second-order valence-corrected chi connectivity index (χ2v) is 7.07. The Kier molecular flexibility index (Phi) is 4.07. The highest BCUT2D eigenvalue weighted by Gasteiger charge is 2.17. The van der Waals surface area contributed by atoms with Gasteiger partial charge in [0, 0.05) is 20.2 Å². The van der Waals surface area contributed by atoms with Gasteiger partial charge < -0.3 is 5.32 Å². The number of aromatic nitrogens is 5. The fraction of sp³-hybridized carbons (Fsp3) is 0.188. The molecule has 12 heteroatoms. The lowest BCUT2D eigenvalue weighted by molar-refractivity contribution is -0.116. The second-order valence-electron chi connectivity index (χ2n) is 6.04. The molecule has 1 aromatic carbocycles. The molecule has 4 rings (SSSR count). The van der Waals surface area contributed by atoms with Gasteiger partial charge in [-0.3, -0.25) is 18.7 Å². The normalized spacial score (nSPS) is 11.4. The van der Waals surface area contributed by atoms with Crippen LogP contribution < -0.4 is 16.6 Å². The molecule has 0 aliphatic carbocycles. The van der Waals surface area contributed by atoms with Crippen LogP contribution in [0, 0.1) is 11.6 Å². The van der Waals surface area contributed by atoms with Gasteiger partial charge in [0.1, 0.15) is 6.54 Å². The maximum atomic E-state index is 13.3. The zero-order valence-corrected chi connectivity index (χ0v) is 15.4. The summed E-state index contributed by atoms with van der Waals surface area (Å²) in [5, 5.41) is 6.69. The van der Waals surface area contributed by atoms with Gasteiger partial charge in [0.2, 0.25) is 5.91 Å². The van der Waals surface area contributed by atoms with Gasteiger partial charge in [0.05, 0.1) is 21.9 Å². The van der Waals surface area contributed by atoms with Crippen molar-refractivity contribution in [3.05, 3.63) is 50.8 Å². The second kappa shape index (κ2) is 6.34. The number of rotatable bonds is 3. The van der Waals surface area contributed by atoms with Crippen LogP contribution in [0.2, 0.25) is 0 Å². The molecule has 0 saturated carbocycles. The summed E-state index contributed by atoms with van der Waals surface area (Å²) in [6, 6.07) is 1.95. The number of amides is 1. The minimum absolute atomic E-state index is 0.105. The number of hydrogen-bond donors (Lipinski definition) is 1. The molecule has 1 N–H and O–H groups in total. The van der Waals surface area contributed by atoms with Crippen molar-refractivity contribution < 1.29 is 13.6 Å². The van der Waals surface area contributed by atoms with Gasteiger partial charge in [-0.05, 0) is 6.07 Å². The molecule has 144 valence electrons. The topological polar surface area (TPSA) is 104 Å². The van der Waals surface area contributed by atoms with Crippen molar-refractivity contribution in [1.82, 2.24) is 23.9 Å². The number of anilines is 1. The van der Waals surface area contributed by atoms with E-state index in [0.717, 1.165) is 28.0 Å². The third-order valence-electron chi connectivity index (χ3n) is 4.23. The van der Waals surface area contributed by atoms with Gasteiger partial charge in [0.25, 0.3) is 5.56 Å². The average Bonchev–Trinajstić information content (AvgIpc) is 3.22. The van der Waals surface area contributed by atoms with Crippen LogP contribution >= 0.6 is 11.3 Å². The predicted octanol–water partition coefficient (Wildman–Crippen LogP) is 0.960. The molecular weight excluding hydrogens is 394 g/mol. The van der Waals surface area contributed by atoms with E-state index in [1.165, 1.54) is 29.5 Å². The molecular formula is C16H12F2N6O3S. The van der Waals surface area contributed by atoms with E-state index >= 15 is 0 Å². The van der Waals surface area contributed by atoms with Gasteiger partial charge in [-0.15, -0.1) is 0 Å². The van der Waals surface area contributed by atoms with Crippen LogP contribution in [0.15, 0.2) is 27.9 Å². The number of aryl methyl sites for hydroxylation is 1. The smallest absolute Gasteiger partial charge is 0.300 e. The molecule has 0 aliphatic heterocycles. The molecule has 3 aromatic heterocycles. The van der Waals surface area contributed by atoms with E-state index in [0.29, 0.717) is 10.2 Å². The molecule has 0 spiro atoms. The molecule has 0 aliphatic rings. The highest BCUT2D eigenvalue weighted by molar-refractivity contribution is 7.22. The van der Waals surface area contributed by atoms with Crippen LogP contribution in [0.25, 0.3) is 21.3 Å². The average molecular weight is 406 g/mol. The minimum atomic E-state index is -1.03. The number of nitrogens with one attached hydrogen (secondary N) is 1. The first-order valence-electron chi connectivity index (χ1n) is 7.93. The number of carbonyl (C=O) groups is 1. The van der Waals surface area contributed by atoms with E-state index in [9.17, 15) is 23.2 Å². The van der Waals surface area contributed by atoms with E-state index in [4.69, 9.17) is 0 Å². The van der Waals surface area contributed by atoms with Crippen molar-refractivity contribution >= 4 is 43.6 Å². The molecule has 28 heavy (non-hydrogen) atoms. The van der Waals surface area contributed by atoms with Crippen LogP contribution in [-0.4, -0.2) is 29.8 Å². The molecule has 9 nitrogen and oxygen atoms in total. The van der Waals surface area contributed by atoms with Crippen molar-refractivity contribution in [3.8, 4) is 0 Å². The Balaban J connectivity index is 1.64. The Labute approximate surface area is 158 Å². The number of nitrogens with zero attached hydrogens (tertiary/aromatic N) is 5. The lowest BCUT2D eigenvalue weighted by atomic mass is 10.3. The maximum Gasteiger partial charge on any atom is 0.331 e. The lowest BCUT2D eigenvalue weighted by Gasteiger charge is -2.06. The summed E-state index contributed by atoms with van der Waals surface area (Å²) >= 11 is 0.984. The van der Waals surface area contributed by atoms with Crippen LogP contribution in [0.5, 0.6) is 0 Å². The quantitative estimate of drug-likeness (QED) is 0.546. The summed E-state index contributed by atoms with van der Waals surface area (Å²) in [6.07, 6.45) is 1.33. The fourth-order valence-electron chi connectivity index (χ4n) is 2.81. The van der Waals surface area contributed by atoms with Crippen LogP contribution in [0.3, 0.4) is 0 Å². The SMILES string of the molecule is Cn1c(=O)c2c(cnn2CC(=O)Nc2nc3cc(F)c(F)cc3s2)n(C)c1=O. The summed E-state index contributed by atoms with van der Waals surface area (Å²) in [5.41, 5.74) is -0.461. The zero-order valence-electron chi connectivity index (χ0n) is 14.6. The zero-order chi connectivity index (χ0) is 20.2. The first-order chi connectivity index (χ1) is 13.3. The third kappa shape index (κ3) is 2.78. The highest BCUT2D eigenvalue weighted by atomic mass is 32.1. The first-order valence-corrected chi connectivity index (χ1v) is 8.75. The van der Waals surface area contributed by atoms with Gasteiger partial charge in [-0.1, -0.05) is 11.3 Å². The maximum absolute atomic E-state index is 13.3. The minimum Gasteiger partial charge on any atom is -0.300 e. The Hall–Kier alpha value is -3.41. The van der Waals surface area contributed by atoms with Crippen molar-refractivity contribution in [3.63, 3.8) is 0 Å². The largest absolute Gasteiger partial charge is 0.331 e. The van der Waals surface area contributed by atoms with E-state index < -0.39 is 28.8 Å². The van der Waals surface area contributed by atoms with Gasteiger partial charge in [-0.2, -0.15) is 5.10 Å². The van der Waals surface area contributed by atoms with E-state index in [1.54, 1.807) is 0 Å².